The van der Waals surface area contributed by atoms with Crippen LogP contribution in [0.5, 0.6) is 5.75 Å². The number of benzene rings is 2. The van der Waals surface area contributed by atoms with Crippen molar-refractivity contribution in [1.29, 1.82) is 0 Å². The van der Waals surface area contributed by atoms with Crippen LogP contribution in [-0.2, 0) is 19.5 Å². The summed E-state index contributed by atoms with van der Waals surface area (Å²) in [6, 6.07) is 17.0. The van der Waals surface area contributed by atoms with Gasteiger partial charge in [0.15, 0.2) is 0 Å². The summed E-state index contributed by atoms with van der Waals surface area (Å²) in [5.41, 5.74) is 3.98. The number of hydrogen-bond donors (Lipinski definition) is 1. The summed E-state index contributed by atoms with van der Waals surface area (Å²) in [7, 11) is 1.69. The van der Waals surface area contributed by atoms with Crippen LogP contribution in [0.3, 0.4) is 0 Å². The molecule has 0 aromatic heterocycles. The normalized spacial score (nSPS) is 10.4. The summed E-state index contributed by atoms with van der Waals surface area (Å²) in [4.78, 5) is 0. The molecular formula is C17H21NO. The summed E-state index contributed by atoms with van der Waals surface area (Å²) in [6.45, 7) is 3.95. The second kappa shape index (κ2) is 6.95. The van der Waals surface area contributed by atoms with Gasteiger partial charge in [0, 0.05) is 13.1 Å². The highest BCUT2D eigenvalue weighted by Crippen LogP contribution is 2.11. The lowest BCUT2D eigenvalue weighted by atomic mass is 10.1. The molecule has 2 nitrogen and oxygen atoms in total. The Morgan fingerprint density at radius 3 is 1.74 bits per heavy atom. The van der Waals surface area contributed by atoms with E-state index in [2.05, 4.69) is 48.6 Å². The van der Waals surface area contributed by atoms with Crippen molar-refractivity contribution in [2.24, 2.45) is 0 Å². The first kappa shape index (κ1) is 13.6. The third kappa shape index (κ3) is 4.11. The fourth-order valence-electron chi connectivity index (χ4n) is 1.99. The number of rotatable bonds is 6. The SMILES string of the molecule is CCc1ccc(CNCc2ccc(OC)cc2)cc1. The van der Waals surface area contributed by atoms with E-state index in [4.69, 9.17) is 4.74 Å². The molecule has 0 radical (unpaired) electrons. The average molecular weight is 255 g/mol. The van der Waals surface area contributed by atoms with E-state index in [0.29, 0.717) is 0 Å². The van der Waals surface area contributed by atoms with Gasteiger partial charge in [-0.3, -0.25) is 0 Å². The number of hydrogen-bond acceptors (Lipinski definition) is 2. The van der Waals surface area contributed by atoms with E-state index in [1.165, 1.54) is 16.7 Å². The lowest BCUT2D eigenvalue weighted by molar-refractivity contribution is 0.414. The van der Waals surface area contributed by atoms with E-state index in [0.717, 1.165) is 25.3 Å². The van der Waals surface area contributed by atoms with Crippen molar-refractivity contribution >= 4 is 0 Å². The minimum Gasteiger partial charge on any atom is -0.497 e. The first-order valence-corrected chi connectivity index (χ1v) is 6.73. The van der Waals surface area contributed by atoms with E-state index in [9.17, 15) is 0 Å². The van der Waals surface area contributed by atoms with Gasteiger partial charge in [-0.2, -0.15) is 0 Å². The van der Waals surface area contributed by atoms with Gasteiger partial charge in [-0.1, -0.05) is 43.3 Å². The fourth-order valence-corrected chi connectivity index (χ4v) is 1.99. The quantitative estimate of drug-likeness (QED) is 0.852. The Morgan fingerprint density at radius 2 is 1.26 bits per heavy atom. The predicted molar refractivity (Wildman–Crippen MR) is 79.4 cm³/mol. The van der Waals surface area contributed by atoms with Crippen molar-refractivity contribution in [2.75, 3.05) is 7.11 Å². The highest BCUT2D eigenvalue weighted by Gasteiger charge is 1.96. The van der Waals surface area contributed by atoms with Crippen molar-refractivity contribution < 1.29 is 4.74 Å². The topological polar surface area (TPSA) is 21.3 Å². The van der Waals surface area contributed by atoms with Crippen LogP contribution in [-0.4, -0.2) is 7.11 Å². The lowest BCUT2D eigenvalue weighted by Gasteiger charge is -2.07. The maximum Gasteiger partial charge on any atom is 0.118 e. The molecule has 0 heterocycles. The van der Waals surface area contributed by atoms with Crippen molar-refractivity contribution in [3.63, 3.8) is 0 Å². The van der Waals surface area contributed by atoms with Crippen LogP contribution >= 0.6 is 0 Å². The van der Waals surface area contributed by atoms with Gasteiger partial charge in [0.25, 0.3) is 0 Å². The minimum absolute atomic E-state index is 0.875. The largest absolute Gasteiger partial charge is 0.497 e. The van der Waals surface area contributed by atoms with E-state index >= 15 is 0 Å². The number of aryl methyl sites for hydroxylation is 1. The molecule has 2 aromatic rings. The molecule has 1 N–H and O–H groups in total. The molecule has 0 saturated carbocycles. The summed E-state index contributed by atoms with van der Waals surface area (Å²) in [6.07, 6.45) is 1.10. The van der Waals surface area contributed by atoms with Crippen LogP contribution < -0.4 is 10.1 Å². The monoisotopic (exact) mass is 255 g/mol. The van der Waals surface area contributed by atoms with E-state index in [-0.39, 0.29) is 0 Å². The molecule has 100 valence electrons. The maximum atomic E-state index is 5.14. The van der Waals surface area contributed by atoms with Crippen molar-refractivity contribution in [1.82, 2.24) is 5.32 Å². The first-order valence-electron chi connectivity index (χ1n) is 6.73. The van der Waals surface area contributed by atoms with Crippen molar-refractivity contribution in [3.05, 3.63) is 65.2 Å². The average Bonchev–Trinajstić information content (AvgIpc) is 2.49. The van der Waals surface area contributed by atoms with Crippen LogP contribution in [0.2, 0.25) is 0 Å². The Hall–Kier alpha value is -1.80. The molecule has 0 saturated heterocycles. The first-order chi connectivity index (χ1) is 9.31. The molecule has 2 heteroatoms. The van der Waals surface area contributed by atoms with E-state index in [1.807, 2.05) is 12.1 Å². The third-order valence-corrected chi connectivity index (χ3v) is 3.25. The highest BCUT2D eigenvalue weighted by atomic mass is 16.5. The molecular weight excluding hydrogens is 234 g/mol. The molecule has 0 aliphatic heterocycles. The van der Waals surface area contributed by atoms with Crippen molar-refractivity contribution in [3.8, 4) is 5.75 Å². The molecule has 0 spiro atoms. The summed E-state index contributed by atoms with van der Waals surface area (Å²) >= 11 is 0. The van der Waals surface area contributed by atoms with Crippen LogP contribution in [0.1, 0.15) is 23.6 Å². The fraction of sp³-hybridized carbons (Fsp3) is 0.294. The molecule has 2 aromatic carbocycles. The van der Waals surface area contributed by atoms with Gasteiger partial charge in [-0.05, 0) is 35.2 Å². The Labute approximate surface area is 115 Å². The van der Waals surface area contributed by atoms with Crippen LogP contribution in [0.25, 0.3) is 0 Å². The minimum atomic E-state index is 0.875. The van der Waals surface area contributed by atoms with Gasteiger partial charge in [-0.25, -0.2) is 0 Å². The summed E-state index contributed by atoms with van der Waals surface area (Å²) < 4.78 is 5.14. The Bertz CT molecular complexity index is 440. The third-order valence-electron chi connectivity index (χ3n) is 3.25. The Morgan fingerprint density at radius 1 is 0.789 bits per heavy atom. The molecule has 0 amide bonds. The van der Waals surface area contributed by atoms with Gasteiger partial charge in [0.2, 0.25) is 0 Å². The van der Waals surface area contributed by atoms with Crippen LogP contribution in [0, 0.1) is 0 Å². The van der Waals surface area contributed by atoms with Crippen LogP contribution in [0.15, 0.2) is 48.5 Å². The van der Waals surface area contributed by atoms with Gasteiger partial charge >= 0.3 is 0 Å². The highest BCUT2D eigenvalue weighted by molar-refractivity contribution is 5.27. The maximum absolute atomic E-state index is 5.14. The zero-order valence-electron chi connectivity index (χ0n) is 11.6. The zero-order chi connectivity index (χ0) is 13.5. The van der Waals surface area contributed by atoms with Gasteiger partial charge in [-0.15, -0.1) is 0 Å². The molecule has 0 aliphatic carbocycles. The molecule has 2 rings (SSSR count). The van der Waals surface area contributed by atoms with Gasteiger partial charge in [0.05, 0.1) is 7.11 Å². The number of methoxy groups -OCH3 is 1. The molecule has 0 aliphatic rings. The lowest BCUT2D eigenvalue weighted by Crippen LogP contribution is -2.12. The van der Waals surface area contributed by atoms with E-state index in [1.54, 1.807) is 7.11 Å². The number of nitrogens with one attached hydrogen (secondary N) is 1. The van der Waals surface area contributed by atoms with Crippen molar-refractivity contribution in [2.45, 2.75) is 26.4 Å². The van der Waals surface area contributed by atoms with Gasteiger partial charge in [0.1, 0.15) is 5.75 Å². The van der Waals surface area contributed by atoms with E-state index < -0.39 is 0 Å². The summed E-state index contributed by atoms with van der Waals surface area (Å²) in [5, 5.41) is 3.45. The Balaban J connectivity index is 1.81. The van der Waals surface area contributed by atoms with Gasteiger partial charge < -0.3 is 10.1 Å². The second-order valence-corrected chi connectivity index (χ2v) is 4.62. The van der Waals surface area contributed by atoms with Crippen LogP contribution in [0.4, 0.5) is 0 Å². The predicted octanol–water partition coefficient (Wildman–Crippen LogP) is 3.55. The Kier molecular flexibility index (Phi) is 4.99. The smallest absolute Gasteiger partial charge is 0.118 e. The molecule has 19 heavy (non-hydrogen) atoms. The zero-order valence-corrected chi connectivity index (χ0v) is 11.6. The number of ether oxygens (including phenoxy) is 1. The molecule has 0 unspecified atom stereocenters. The second-order valence-electron chi connectivity index (χ2n) is 4.62. The molecule has 0 bridgehead atoms. The summed E-state index contributed by atoms with van der Waals surface area (Å²) in [5.74, 6) is 0.902. The molecule has 0 atom stereocenters. The molecule has 0 fully saturated rings. The standard InChI is InChI=1S/C17H21NO/c1-3-14-4-6-15(7-5-14)12-18-13-16-8-10-17(19-2)11-9-16/h4-11,18H,3,12-13H2,1-2H3.